The maximum Gasteiger partial charge on any atom is 0.264 e. The molecule has 1 spiro atoms. The largest absolute Gasteiger partial charge is 0.483 e. The summed E-state index contributed by atoms with van der Waals surface area (Å²) < 4.78 is 44.3. The van der Waals surface area contributed by atoms with E-state index in [0.717, 1.165) is 44.3 Å². The quantitative estimate of drug-likeness (QED) is 0.755. The van der Waals surface area contributed by atoms with Crippen molar-refractivity contribution in [3.8, 4) is 5.75 Å². The first-order valence-corrected chi connectivity index (χ1v) is 12.9. The highest BCUT2D eigenvalue weighted by atomic mass is 32.2. The van der Waals surface area contributed by atoms with E-state index in [2.05, 4.69) is 27.0 Å². The van der Waals surface area contributed by atoms with Gasteiger partial charge in [0.25, 0.3) is 5.89 Å². The summed E-state index contributed by atoms with van der Waals surface area (Å²) in [7, 11) is -3.28. The minimum Gasteiger partial charge on any atom is -0.483 e. The molecule has 1 N–H and O–H groups in total. The third kappa shape index (κ3) is 4.49. The van der Waals surface area contributed by atoms with Gasteiger partial charge >= 0.3 is 0 Å². The summed E-state index contributed by atoms with van der Waals surface area (Å²) in [6, 6.07) is 8.04. The number of fused-ring (bicyclic) bond motifs is 4. The number of ether oxygens (including phenoxy) is 2. The Balaban J connectivity index is 1.44. The summed E-state index contributed by atoms with van der Waals surface area (Å²) in [5.74, 6) is 2.34. The average Bonchev–Trinajstić information content (AvgIpc) is 3.38. The van der Waals surface area contributed by atoms with E-state index in [0.29, 0.717) is 30.7 Å². The number of nitrogens with one attached hydrogen (secondary N) is 1. The van der Waals surface area contributed by atoms with Crippen LogP contribution in [0.4, 0.5) is 0 Å². The molecule has 2 atom stereocenters. The van der Waals surface area contributed by atoms with Crippen LogP contribution in [0.15, 0.2) is 28.8 Å². The summed E-state index contributed by atoms with van der Waals surface area (Å²) in [5, 5.41) is 4.27. The first-order chi connectivity index (χ1) is 14.9. The van der Waals surface area contributed by atoms with Crippen LogP contribution < -0.4 is 9.46 Å². The SMILES string of the molecule is CS(=O)(=O)N[C@H]1CC[C@@]2(COC3CCC(CC3)c3ccccc3OCc3nc2no3)C1. The number of hydrogen-bond donors (Lipinski definition) is 1. The van der Waals surface area contributed by atoms with Crippen molar-refractivity contribution in [1.29, 1.82) is 0 Å². The van der Waals surface area contributed by atoms with Gasteiger partial charge in [0.1, 0.15) is 5.75 Å². The molecule has 2 saturated carbocycles. The van der Waals surface area contributed by atoms with Crippen LogP contribution in [-0.2, 0) is 26.8 Å². The molecule has 0 saturated heterocycles. The molecular formula is C22H29N3O5S. The van der Waals surface area contributed by atoms with Gasteiger partial charge in [0.15, 0.2) is 12.4 Å². The molecule has 31 heavy (non-hydrogen) atoms. The molecule has 0 radical (unpaired) electrons. The van der Waals surface area contributed by atoms with Crippen molar-refractivity contribution in [2.24, 2.45) is 0 Å². The number of nitrogens with zero attached hydrogens (tertiary/aromatic N) is 2. The summed E-state index contributed by atoms with van der Waals surface area (Å²) in [5.41, 5.74) is 0.780. The molecule has 4 aliphatic rings. The van der Waals surface area contributed by atoms with E-state index in [1.807, 2.05) is 12.1 Å². The summed E-state index contributed by atoms with van der Waals surface area (Å²) in [4.78, 5) is 4.64. The third-order valence-electron chi connectivity index (χ3n) is 6.91. The highest BCUT2D eigenvalue weighted by molar-refractivity contribution is 7.88. The number of hydrogen-bond acceptors (Lipinski definition) is 7. The molecule has 9 heteroatoms. The molecule has 2 fully saturated rings. The van der Waals surface area contributed by atoms with Gasteiger partial charge < -0.3 is 14.0 Å². The second-order valence-corrected chi connectivity index (χ2v) is 11.0. The lowest BCUT2D eigenvalue weighted by Gasteiger charge is -2.33. The van der Waals surface area contributed by atoms with Crippen molar-refractivity contribution < 1.29 is 22.4 Å². The summed E-state index contributed by atoms with van der Waals surface area (Å²) in [6.45, 7) is 0.683. The average molecular weight is 448 g/mol. The number of sulfonamides is 1. The van der Waals surface area contributed by atoms with Gasteiger partial charge in [-0.25, -0.2) is 13.1 Å². The Morgan fingerprint density at radius 3 is 2.74 bits per heavy atom. The van der Waals surface area contributed by atoms with Gasteiger partial charge in [-0.2, -0.15) is 4.98 Å². The molecule has 2 aromatic rings. The molecule has 0 unspecified atom stereocenters. The second-order valence-electron chi connectivity index (χ2n) is 9.23. The van der Waals surface area contributed by atoms with E-state index in [4.69, 9.17) is 14.0 Å². The van der Waals surface area contributed by atoms with Crippen LogP contribution in [0.1, 0.15) is 68.1 Å². The Bertz CT molecular complexity index is 1030. The number of benzene rings is 1. The van der Waals surface area contributed by atoms with E-state index in [1.54, 1.807) is 0 Å². The molecule has 1 aromatic carbocycles. The molecule has 0 amide bonds. The number of para-hydroxylation sites is 1. The van der Waals surface area contributed by atoms with Crippen LogP contribution in [0.3, 0.4) is 0 Å². The maximum absolute atomic E-state index is 11.8. The molecule has 3 heterocycles. The van der Waals surface area contributed by atoms with Crippen LogP contribution in [0.5, 0.6) is 5.75 Å². The van der Waals surface area contributed by atoms with Crippen LogP contribution in [0, 0.1) is 0 Å². The van der Waals surface area contributed by atoms with Crippen LogP contribution in [0.2, 0.25) is 0 Å². The fourth-order valence-corrected chi connectivity index (χ4v) is 6.17. The van der Waals surface area contributed by atoms with E-state index >= 15 is 0 Å². The maximum atomic E-state index is 11.8. The minimum absolute atomic E-state index is 0.154. The number of aromatic nitrogens is 2. The second kappa shape index (κ2) is 8.18. The van der Waals surface area contributed by atoms with Crippen molar-refractivity contribution in [3.63, 3.8) is 0 Å². The fourth-order valence-electron chi connectivity index (χ4n) is 5.36. The van der Waals surface area contributed by atoms with Gasteiger partial charge in [0, 0.05) is 6.04 Å². The highest BCUT2D eigenvalue weighted by Crippen LogP contribution is 2.43. The summed E-state index contributed by atoms with van der Waals surface area (Å²) >= 11 is 0. The van der Waals surface area contributed by atoms with Crippen molar-refractivity contribution >= 4 is 10.0 Å². The third-order valence-corrected chi connectivity index (χ3v) is 7.67. The standard InChI is InChI=1S/C22H29N3O5S/c1-31(26,27)25-16-10-11-22(12-16)14-29-17-8-6-15(7-9-17)18-4-2-3-5-19(18)28-13-20-23-21(22)24-30-20/h2-5,15-17,25H,6-14H2,1H3/t15?,16-,17?,22-/m0/s1. The molecule has 1 aromatic heterocycles. The van der Waals surface area contributed by atoms with E-state index in [1.165, 1.54) is 11.8 Å². The van der Waals surface area contributed by atoms with Crippen molar-refractivity contribution in [2.75, 3.05) is 12.9 Å². The van der Waals surface area contributed by atoms with Crippen molar-refractivity contribution in [3.05, 3.63) is 41.5 Å². The van der Waals surface area contributed by atoms with E-state index in [-0.39, 0.29) is 18.8 Å². The first kappa shape index (κ1) is 20.9. The Morgan fingerprint density at radius 2 is 1.94 bits per heavy atom. The van der Waals surface area contributed by atoms with Gasteiger partial charge in [-0.1, -0.05) is 23.4 Å². The molecule has 4 bridgehead atoms. The lowest BCUT2D eigenvalue weighted by atomic mass is 9.81. The zero-order chi connectivity index (χ0) is 21.5. The van der Waals surface area contributed by atoms with Gasteiger partial charge in [-0.05, 0) is 62.5 Å². The van der Waals surface area contributed by atoms with Gasteiger partial charge in [0.05, 0.1) is 24.4 Å². The normalized spacial score (nSPS) is 31.2. The zero-order valence-corrected chi connectivity index (χ0v) is 18.6. The van der Waals surface area contributed by atoms with Gasteiger partial charge in [0.2, 0.25) is 10.0 Å². The summed E-state index contributed by atoms with van der Waals surface area (Å²) in [6.07, 6.45) is 7.57. The van der Waals surface area contributed by atoms with Gasteiger partial charge in [-0.3, -0.25) is 0 Å². The van der Waals surface area contributed by atoms with Crippen molar-refractivity contribution in [1.82, 2.24) is 14.9 Å². The Labute approximate surface area is 182 Å². The molecule has 2 aliphatic heterocycles. The molecule has 8 nitrogen and oxygen atoms in total. The topological polar surface area (TPSA) is 104 Å². The van der Waals surface area contributed by atoms with E-state index in [9.17, 15) is 8.42 Å². The van der Waals surface area contributed by atoms with Crippen molar-refractivity contribution in [2.45, 2.75) is 75.0 Å². The van der Waals surface area contributed by atoms with Crippen LogP contribution >= 0.6 is 0 Å². The Kier molecular flexibility index (Phi) is 5.52. The zero-order valence-electron chi connectivity index (χ0n) is 17.7. The Hall–Kier alpha value is -1.97. The number of rotatable bonds is 2. The molecular weight excluding hydrogens is 418 g/mol. The highest BCUT2D eigenvalue weighted by Gasteiger charge is 2.46. The Morgan fingerprint density at radius 1 is 1.13 bits per heavy atom. The smallest absolute Gasteiger partial charge is 0.264 e. The van der Waals surface area contributed by atoms with E-state index < -0.39 is 15.4 Å². The van der Waals surface area contributed by atoms with Gasteiger partial charge in [-0.15, -0.1) is 0 Å². The predicted molar refractivity (Wildman–Crippen MR) is 113 cm³/mol. The van der Waals surface area contributed by atoms with Crippen LogP contribution in [-0.4, -0.2) is 43.6 Å². The first-order valence-electron chi connectivity index (χ1n) is 11.0. The molecule has 6 rings (SSSR count). The monoisotopic (exact) mass is 447 g/mol. The van der Waals surface area contributed by atoms with Crippen LogP contribution in [0.25, 0.3) is 0 Å². The molecule has 168 valence electrons. The fraction of sp³-hybridized carbons (Fsp3) is 0.636. The lowest BCUT2D eigenvalue weighted by Crippen LogP contribution is -2.38. The lowest BCUT2D eigenvalue weighted by molar-refractivity contribution is -0.00682. The minimum atomic E-state index is -3.28. The molecule has 2 aliphatic carbocycles. The predicted octanol–water partition coefficient (Wildman–Crippen LogP) is 3.04.